The van der Waals surface area contributed by atoms with Crippen molar-refractivity contribution in [2.24, 2.45) is 0 Å². The molecule has 0 aromatic heterocycles. The molecule has 2 nitrogen and oxygen atoms in total. The van der Waals surface area contributed by atoms with Crippen molar-refractivity contribution in [2.75, 3.05) is 5.73 Å². The molecule has 13 heavy (non-hydrogen) atoms. The summed E-state index contributed by atoms with van der Waals surface area (Å²) in [6.45, 7) is 2.68. The van der Waals surface area contributed by atoms with Gasteiger partial charge in [0.2, 0.25) is 0 Å². The zero-order valence-corrected chi connectivity index (χ0v) is 7.86. The number of benzene rings is 1. The third-order valence-corrected chi connectivity index (χ3v) is 1.66. The van der Waals surface area contributed by atoms with Crippen molar-refractivity contribution in [2.45, 2.75) is 20.0 Å². The maximum atomic E-state index is 5.55. The molecule has 1 aromatic carbocycles. The normalized spacial score (nSPS) is 10.5. The van der Waals surface area contributed by atoms with Gasteiger partial charge in [-0.15, -0.1) is 0 Å². The van der Waals surface area contributed by atoms with Crippen LogP contribution in [-0.2, 0) is 11.3 Å². The Labute approximate surface area is 79.0 Å². The predicted molar refractivity (Wildman–Crippen MR) is 55.1 cm³/mol. The lowest BCUT2D eigenvalue weighted by Gasteiger charge is -2.00. The lowest BCUT2D eigenvalue weighted by atomic mass is 10.2. The van der Waals surface area contributed by atoms with Crippen molar-refractivity contribution in [3.8, 4) is 0 Å². The summed E-state index contributed by atoms with van der Waals surface area (Å²) in [5.74, 6) is 0. The molecule has 0 fully saturated rings. The highest BCUT2D eigenvalue weighted by molar-refractivity contribution is 5.39. The van der Waals surface area contributed by atoms with Crippen molar-refractivity contribution in [1.29, 1.82) is 0 Å². The molecule has 0 amide bonds. The molecule has 0 bridgehead atoms. The average Bonchev–Trinajstić information content (AvgIpc) is 2.15. The largest absolute Gasteiger partial charge is 0.497 e. The van der Waals surface area contributed by atoms with E-state index in [4.69, 9.17) is 10.5 Å². The summed E-state index contributed by atoms with van der Waals surface area (Å²) >= 11 is 0. The molecule has 2 heteroatoms. The first-order valence-corrected chi connectivity index (χ1v) is 4.44. The van der Waals surface area contributed by atoms with Crippen molar-refractivity contribution in [3.63, 3.8) is 0 Å². The second-order valence-electron chi connectivity index (χ2n) is 2.83. The minimum atomic E-state index is 0.608. The SMILES string of the molecule is CC/C=C\OCc1ccc(N)cc1. The fourth-order valence-corrected chi connectivity index (χ4v) is 0.922. The molecular formula is C11H15NO. The number of nitrogens with two attached hydrogens (primary N) is 1. The van der Waals surface area contributed by atoms with Crippen LogP contribution in [0, 0.1) is 0 Å². The number of rotatable bonds is 4. The van der Waals surface area contributed by atoms with E-state index in [1.807, 2.05) is 30.3 Å². The third-order valence-electron chi connectivity index (χ3n) is 1.66. The maximum Gasteiger partial charge on any atom is 0.112 e. The first-order chi connectivity index (χ1) is 6.33. The smallest absolute Gasteiger partial charge is 0.112 e. The molecular weight excluding hydrogens is 162 g/mol. The van der Waals surface area contributed by atoms with Gasteiger partial charge in [-0.05, 0) is 24.1 Å². The fourth-order valence-electron chi connectivity index (χ4n) is 0.922. The second kappa shape index (κ2) is 5.25. The summed E-state index contributed by atoms with van der Waals surface area (Å²) < 4.78 is 5.28. The fraction of sp³-hybridized carbons (Fsp3) is 0.273. The summed E-state index contributed by atoms with van der Waals surface area (Å²) in [5, 5.41) is 0. The van der Waals surface area contributed by atoms with E-state index in [-0.39, 0.29) is 0 Å². The Kier molecular flexibility index (Phi) is 3.89. The summed E-state index contributed by atoms with van der Waals surface area (Å²) in [6.07, 6.45) is 4.72. The number of nitrogen functional groups attached to an aromatic ring is 1. The standard InChI is InChI=1S/C11H15NO/c1-2-3-8-13-9-10-4-6-11(12)7-5-10/h3-8H,2,9,12H2,1H3/b8-3-. The van der Waals surface area contributed by atoms with Crippen molar-refractivity contribution >= 4 is 5.69 Å². The van der Waals surface area contributed by atoms with E-state index in [2.05, 4.69) is 6.92 Å². The Balaban J connectivity index is 2.37. The van der Waals surface area contributed by atoms with E-state index in [0.717, 1.165) is 17.7 Å². The third kappa shape index (κ3) is 3.65. The van der Waals surface area contributed by atoms with Gasteiger partial charge in [-0.2, -0.15) is 0 Å². The van der Waals surface area contributed by atoms with Crippen LogP contribution in [0.25, 0.3) is 0 Å². The van der Waals surface area contributed by atoms with Gasteiger partial charge >= 0.3 is 0 Å². The van der Waals surface area contributed by atoms with Gasteiger partial charge in [0.05, 0.1) is 6.26 Å². The van der Waals surface area contributed by atoms with Gasteiger partial charge in [0.1, 0.15) is 6.61 Å². The molecule has 0 aliphatic heterocycles. The van der Waals surface area contributed by atoms with Crippen molar-refractivity contribution in [3.05, 3.63) is 42.2 Å². The lowest BCUT2D eigenvalue weighted by Crippen LogP contribution is -1.88. The van der Waals surface area contributed by atoms with Crippen LogP contribution in [-0.4, -0.2) is 0 Å². The molecule has 1 rings (SSSR count). The quantitative estimate of drug-likeness (QED) is 0.567. The highest BCUT2D eigenvalue weighted by Crippen LogP contribution is 2.06. The zero-order chi connectivity index (χ0) is 9.52. The van der Waals surface area contributed by atoms with Crippen LogP contribution in [0.15, 0.2) is 36.6 Å². The van der Waals surface area contributed by atoms with Gasteiger partial charge in [-0.25, -0.2) is 0 Å². The van der Waals surface area contributed by atoms with Gasteiger partial charge in [0, 0.05) is 5.69 Å². The van der Waals surface area contributed by atoms with Crippen LogP contribution in [0.4, 0.5) is 5.69 Å². The number of anilines is 1. The number of hydrogen-bond acceptors (Lipinski definition) is 2. The molecule has 0 unspecified atom stereocenters. The summed E-state index contributed by atoms with van der Waals surface area (Å²) in [7, 11) is 0. The van der Waals surface area contributed by atoms with Crippen LogP contribution in [0.1, 0.15) is 18.9 Å². The number of ether oxygens (including phenoxy) is 1. The molecule has 0 atom stereocenters. The Morgan fingerprint density at radius 3 is 2.62 bits per heavy atom. The Hall–Kier alpha value is -1.44. The van der Waals surface area contributed by atoms with E-state index in [1.165, 1.54) is 0 Å². The predicted octanol–water partition coefficient (Wildman–Crippen LogP) is 2.71. The van der Waals surface area contributed by atoms with E-state index >= 15 is 0 Å². The van der Waals surface area contributed by atoms with Crippen LogP contribution < -0.4 is 5.73 Å². The van der Waals surface area contributed by atoms with Gasteiger partial charge in [0.25, 0.3) is 0 Å². The Morgan fingerprint density at radius 1 is 1.31 bits per heavy atom. The monoisotopic (exact) mass is 177 g/mol. The van der Waals surface area contributed by atoms with Crippen LogP contribution in [0.2, 0.25) is 0 Å². The number of hydrogen-bond donors (Lipinski definition) is 1. The molecule has 0 aliphatic rings. The Bertz CT molecular complexity index is 264. The van der Waals surface area contributed by atoms with Crippen molar-refractivity contribution < 1.29 is 4.74 Å². The Morgan fingerprint density at radius 2 is 2.00 bits per heavy atom. The number of allylic oxidation sites excluding steroid dienone is 1. The lowest BCUT2D eigenvalue weighted by molar-refractivity contribution is 0.235. The zero-order valence-electron chi connectivity index (χ0n) is 7.86. The van der Waals surface area contributed by atoms with Gasteiger partial charge in [-0.1, -0.05) is 25.1 Å². The molecule has 2 N–H and O–H groups in total. The van der Waals surface area contributed by atoms with E-state index in [9.17, 15) is 0 Å². The highest BCUT2D eigenvalue weighted by Gasteiger charge is 1.90. The summed E-state index contributed by atoms with van der Waals surface area (Å²) in [6, 6.07) is 7.69. The molecule has 0 heterocycles. The topological polar surface area (TPSA) is 35.2 Å². The second-order valence-corrected chi connectivity index (χ2v) is 2.83. The highest BCUT2D eigenvalue weighted by atomic mass is 16.5. The molecule has 0 spiro atoms. The van der Waals surface area contributed by atoms with Crippen LogP contribution in [0.3, 0.4) is 0 Å². The minimum Gasteiger partial charge on any atom is -0.497 e. The van der Waals surface area contributed by atoms with Crippen LogP contribution >= 0.6 is 0 Å². The van der Waals surface area contributed by atoms with Gasteiger partial charge < -0.3 is 10.5 Å². The summed E-state index contributed by atoms with van der Waals surface area (Å²) in [5.41, 5.74) is 7.47. The molecule has 1 aromatic rings. The van der Waals surface area contributed by atoms with Gasteiger partial charge in [0.15, 0.2) is 0 Å². The van der Waals surface area contributed by atoms with E-state index < -0.39 is 0 Å². The molecule has 0 saturated heterocycles. The average molecular weight is 177 g/mol. The minimum absolute atomic E-state index is 0.608. The maximum absolute atomic E-state index is 5.55. The first-order valence-electron chi connectivity index (χ1n) is 4.44. The van der Waals surface area contributed by atoms with Gasteiger partial charge in [-0.3, -0.25) is 0 Å². The van der Waals surface area contributed by atoms with Crippen molar-refractivity contribution in [1.82, 2.24) is 0 Å². The van der Waals surface area contributed by atoms with E-state index in [0.29, 0.717) is 6.61 Å². The molecule has 0 radical (unpaired) electrons. The van der Waals surface area contributed by atoms with E-state index in [1.54, 1.807) is 6.26 Å². The molecule has 0 saturated carbocycles. The van der Waals surface area contributed by atoms with Crippen LogP contribution in [0.5, 0.6) is 0 Å². The molecule has 70 valence electrons. The first kappa shape index (κ1) is 9.65. The summed E-state index contributed by atoms with van der Waals surface area (Å²) in [4.78, 5) is 0. The molecule has 0 aliphatic carbocycles.